The Kier molecular flexibility index (Phi) is 4.20. The molecule has 0 aliphatic heterocycles. The maximum absolute atomic E-state index is 10.9. The number of nitrogens with one attached hydrogen (secondary N) is 1. The average molecular weight is 259 g/mol. The molecule has 0 bridgehead atoms. The first-order valence-electron chi connectivity index (χ1n) is 6.76. The van der Waals surface area contributed by atoms with Crippen molar-refractivity contribution in [3.63, 3.8) is 0 Å². The number of aromatic nitrogens is 2. The zero-order valence-corrected chi connectivity index (χ0v) is 11.8. The predicted octanol–water partition coefficient (Wildman–Crippen LogP) is 2.37. The molecular formula is C15H21N3O. The van der Waals surface area contributed by atoms with Crippen LogP contribution >= 0.6 is 0 Å². The van der Waals surface area contributed by atoms with Gasteiger partial charge < -0.3 is 9.88 Å². The summed E-state index contributed by atoms with van der Waals surface area (Å²) in [7, 11) is 0. The summed E-state index contributed by atoms with van der Waals surface area (Å²) >= 11 is 0. The molecule has 4 heteroatoms. The fraction of sp³-hybridized carbons (Fsp3) is 0.467. The summed E-state index contributed by atoms with van der Waals surface area (Å²) < 4.78 is 2.27. The van der Waals surface area contributed by atoms with Gasteiger partial charge in [-0.2, -0.15) is 0 Å². The van der Waals surface area contributed by atoms with Gasteiger partial charge >= 0.3 is 0 Å². The van der Waals surface area contributed by atoms with Crippen molar-refractivity contribution in [1.82, 2.24) is 14.9 Å². The van der Waals surface area contributed by atoms with Crippen LogP contribution in [-0.2, 0) is 17.8 Å². The van der Waals surface area contributed by atoms with Crippen LogP contribution in [0.15, 0.2) is 24.3 Å². The van der Waals surface area contributed by atoms with E-state index in [4.69, 9.17) is 0 Å². The Labute approximate surface area is 113 Å². The van der Waals surface area contributed by atoms with Crippen molar-refractivity contribution >= 4 is 16.9 Å². The first kappa shape index (κ1) is 13.6. The van der Waals surface area contributed by atoms with Gasteiger partial charge in [-0.1, -0.05) is 26.0 Å². The molecule has 2 rings (SSSR count). The summed E-state index contributed by atoms with van der Waals surface area (Å²) in [6.07, 6.45) is 0.765. The van der Waals surface area contributed by atoms with E-state index in [-0.39, 0.29) is 5.91 Å². The van der Waals surface area contributed by atoms with Crippen LogP contribution in [-0.4, -0.2) is 22.0 Å². The van der Waals surface area contributed by atoms with Gasteiger partial charge in [0.1, 0.15) is 5.82 Å². The summed E-state index contributed by atoms with van der Waals surface area (Å²) in [6.45, 7) is 7.53. The van der Waals surface area contributed by atoms with Gasteiger partial charge in [-0.25, -0.2) is 4.98 Å². The summed E-state index contributed by atoms with van der Waals surface area (Å²) in [5, 5.41) is 2.83. The SMILES string of the molecule is CC(=O)NCCc1nc2ccccc2n1CC(C)C. The number of para-hydroxylation sites is 2. The highest BCUT2D eigenvalue weighted by Crippen LogP contribution is 2.18. The second-order valence-corrected chi connectivity index (χ2v) is 5.25. The predicted molar refractivity (Wildman–Crippen MR) is 77.0 cm³/mol. The minimum Gasteiger partial charge on any atom is -0.356 e. The molecule has 0 saturated heterocycles. The van der Waals surface area contributed by atoms with E-state index in [1.807, 2.05) is 18.2 Å². The van der Waals surface area contributed by atoms with E-state index in [9.17, 15) is 4.79 Å². The second kappa shape index (κ2) is 5.87. The molecule has 19 heavy (non-hydrogen) atoms. The Morgan fingerprint density at radius 1 is 1.37 bits per heavy atom. The molecule has 0 aliphatic carbocycles. The number of imidazole rings is 1. The Bertz CT molecular complexity index is 572. The number of hydrogen-bond donors (Lipinski definition) is 1. The van der Waals surface area contributed by atoms with Crippen molar-refractivity contribution in [2.24, 2.45) is 5.92 Å². The molecule has 1 heterocycles. The maximum atomic E-state index is 10.9. The van der Waals surface area contributed by atoms with E-state index in [1.54, 1.807) is 0 Å². The number of benzene rings is 1. The summed E-state index contributed by atoms with van der Waals surface area (Å²) in [5.41, 5.74) is 2.20. The molecule has 1 aromatic heterocycles. The third kappa shape index (κ3) is 3.34. The van der Waals surface area contributed by atoms with E-state index < -0.39 is 0 Å². The smallest absolute Gasteiger partial charge is 0.216 e. The first-order valence-corrected chi connectivity index (χ1v) is 6.76. The lowest BCUT2D eigenvalue weighted by Crippen LogP contribution is -2.23. The lowest BCUT2D eigenvalue weighted by Gasteiger charge is -2.11. The topological polar surface area (TPSA) is 46.9 Å². The van der Waals surface area contributed by atoms with E-state index in [1.165, 1.54) is 12.4 Å². The number of fused-ring (bicyclic) bond motifs is 1. The normalized spacial score (nSPS) is 11.2. The number of carbonyl (C=O) groups is 1. The maximum Gasteiger partial charge on any atom is 0.216 e. The Morgan fingerprint density at radius 3 is 2.79 bits per heavy atom. The molecule has 0 spiro atoms. The van der Waals surface area contributed by atoms with E-state index in [0.29, 0.717) is 12.5 Å². The number of hydrogen-bond acceptors (Lipinski definition) is 2. The highest BCUT2D eigenvalue weighted by molar-refractivity contribution is 5.76. The van der Waals surface area contributed by atoms with Gasteiger partial charge in [-0.15, -0.1) is 0 Å². The quantitative estimate of drug-likeness (QED) is 0.896. The fourth-order valence-corrected chi connectivity index (χ4v) is 2.24. The van der Waals surface area contributed by atoms with Crippen LogP contribution in [0.4, 0.5) is 0 Å². The molecule has 0 aliphatic rings. The van der Waals surface area contributed by atoms with Crippen LogP contribution < -0.4 is 5.32 Å². The molecule has 1 amide bonds. The number of carbonyl (C=O) groups excluding carboxylic acids is 1. The van der Waals surface area contributed by atoms with Gasteiger partial charge in [0.05, 0.1) is 11.0 Å². The molecule has 1 N–H and O–H groups in total. The minimum atomic E-state index is 0.00604. The van der Waals surface area contributed by atoms with Gasteiger partial charge in [-0.3, -0.25) is 4.79 Å². The van der Waals surface area contributed by atoms with Crippen LogP contribution in [0.3, 0.4) is 0 Å². The van der Waals surface area contributed by atoms with Crippen molar-refractivity contribution in [3.05, 3.63) is 30.1 Å². The Hall–Kier alpha value is -1.84. The van der Waals surface area contributed by atoms with E-state index >= 15 is 0 Å². The molecule has 0 fully saturated rings. The van der Waals surface area contributed by atoms with Crippen molar-refractivity contribution in [3.8, 4) is 0 Å². The molecule has 4 nitrogen and oxygen atoms in total. The summed E-state index contributed by atoms with van der Waals surface area (Å²) in [4.78, 5) is 15.6. The van der Waals surface area contributed by atoms with Crippen molar-refractivity contribution in [2.75, 3.05) is 6.54 Å². The van der Waals surface area contributed by atoms with Crippen LogP contribution in [0.25, 0.3) is 11.0 Å². The van der Waals surface area contributed by atoms with Crippen molar-refractivity contribution in [2.45, 2.75) is 33.7 Å². The minimum absolute atomic E-state index is 0.00604. The van der Waals surface area contributed by atoms with Crippen LogP contribution in [0.1, 0.15) is 26.6 Å². The zero-order valence-electron chi connectivity index (χ0n) is 11.8. The van der Waals surface area contributed by atoms with Gasteiger partial charge in [0.15, 0.2) is 0 Å². The molecule has 0 unspecified atom stereocenters. The molecule has 102 valence electrons. The van der Waals surface area contributed by atoms with E-state index in [0.717, 1.165) is 24.3 Å². The Balaban J connectivity index is 2.27. The van der Waals surface area contributed by atoms with Gasteiger partial charge in [0.2, 0.25) is 5.91 Å². The van der Waals surface area contributed by atoms with Crippen molar-refractivity contribution in [1.29, 1.82) is 0 Å². The van der Waals surface area contributed by atoms with Gasteiger partial charge in [0, 0.05) is 26.4 Å². The first-order chi connectivity index (χ1) is 9.08. The molecule has 0 radical (unpaired) electrons. The largest absolute Gasteiger partial charge is 0.356 e. The van der Waals surface area contributed by atoms with Gasteiger partial charge in [0.25, 0.3) is 0 Å². The van der Waals surface area contributed by atoms with Gasteiger partial charge in [-0.05, 0) is 18.1 Å². The van der Waals surface area contributed by atoms with Crippen LogP contribution in [0.5, 0.6) is 0 Å². The monoisotopic (exact) mass is 259 g/mol. The second-order valence-electron chi connectivity index (χ2n) is 5.25. The average Bonchev–Trinajstić information content (AvgIpc) is 2.67. The fourth-order valence-electron chi connectivity index (χ4n) is 2.24. The standard InChI is InChI=1S/C15H21N3O/c1-11(2)10-18-14-7-5-4-6-13(14)17-15(18)8-9-16-12(3)19/h4-7,11H,8-10H2,1-3H3,(H,16,19). The highest BCUT2D eigenvalue weighted by Gasteiger charge is 2.11. The molecule has 0 atom stereocenters. The lowest BCUT2D eigenvalue weighted by molar-refractivity contribution is -0.118. The molecule has 1 aromatic carbocycles. The highest BCUT2D eigenvalue weighted by atomic mass is 16.1. The van der Waals surface area contributed by atoms with Crippen LogP contribution in [0, 0.1) is 5.92 Å². The number of amides is 1. The summed E-state index contributed by atoms with van der Waals surface area (Å²) in [5.74, 6) is 1.62. The number of rotatable bonds is 5. The summed E-state index contributed by atoms with van der Waals surface area (Å²) in [6, 6.07) is 8.19. The zero-order chi connectivity index (χ0) is 13.8. The third-order valence-corrected chi connectivity index (χ3v) is 3.00. The Morgan fingerprint density at radius 2 is 2.11 bits per heavy atom. The molecule has 0 saturated carbocycles. The van der Waals surface area contributed by atoms with Crippen molar-refractivity contribution < 1.29 is 4.79 Å². The van der Waals surface area contributed by atoms with Crippen LogP contribution in [0.2, 0.25) is 0 Å². The lowest BCUT2D eigenvalue weighted by atomic mass is 10.2. The third-order valence-electron chi connectivity index (χ3n) is 3.00. The number of nitrogens with zero attached hydrogens (tertiary/aromatic N) is 2. The van der Waals surface area contributed by atoms with E-state index in [2.05, 4.69) is 34.8 Å². The molecule has 2 aromatic rings. The molecular weight excluding hydrogens is 238 g/mol.